The molecule has 0 bridgehead atoms. The summed E-state index contributed by atoms with van der Waals surface area (Å²) in [5, 5.41) is 8.62. The van der Waals surface area contributed by atoms with Crippen LogP contribution in [0.1, 0.15) is 57.9 Å². The number of hydrogen-bond donors (Lipinski definition) is 1. The molecule has 2 aliphatic rings. The van der Waals surface area contributed by atoms with Crippen LogP contribution in [0.2, 0.25) is 0 Å². The summed E-state index contributed by atoms with van der Waals surface area (Å²) in [4.78, 5) is 4.45. The van der Waals surface area contributed by atoms with Crippen molar-refractivity contribution in [3.63, 3.8) is 0 Å². The Bertz CT molecular complexity index is 624. The number of aromatic nitrogens is 2. The van der Waals surface area contributed by atoms with Gasteiger partial charge >= 0.3 is 0 Å². The van der Waals surface area contributed by atoms with E-state index in [4.69, 9.17) is 5.10 Å². The number of nitrogens with one attached hydrogen (secondary N) is 1. The Balaban J connectivity index is 1.81. The van der Waals surface area contributed by atoms with E-state index in [-0.39, 0.29) is 5.54 Å². The molecule has 146 valence electrons. The Morgan fingerprint density at radius 2 is 1.92 bits per heavy atom. The van der Waals surface area contributed by atoms with Crippen LogP contribution in [0.15, 0.2) is 12.8 Å². The average molecular weight is 360 g/mol. The van der Waals surface area contributed by atoms with Crippen LogP contribution in [0.25, 0.3) is 5.70 Å². The fraction of sp³-hybridized carbons (Fsp3) is 0.762. The minimum atomic E-state index is 0.0451. The van der Waals surface area contributed by atoms with E-state index in [0.717, 1.165) is 36.7 Å². The van der Waals surface area contributed by atoms with Crippen molar-refractivity contribution in [2.75, 3.05) is 39.5 Å². The van der Waals surface area contributed by atoms with Crippen molar-refractivity contribution in [3.8, 4) is 0 Å². The van der Waals surface area contributed by atoms with Crippen LogP contribution in [0.3, 0.4) is 0 Å². The predicted molar refractivity (Wildman–Crippen MR) is 110 cm³/mol. The zero-order valence-corrected chi connectivity index (χ0v) is 17.4. The van der Waals surface area contributed by atoms with Gasteiger partial charge in [0.25, 0.3) is 0 Å². The third kappa shape index (κ3) is 3.93. The van der Waals surface area contributed by atoms with Crippen LogP contribution in [-0.4, -0.2) is 59.9 Å². The molecule has 1 saturated carbocycles. The maximum atomic E-state index is 4.74. The lowest BCUT2D eigenvalue weighted by atomic mass is 9.78. The SMILES string of the molecule is C=C(c1cnn2c1NC(C1CCCCC1)CC2(C)C)N(C)CCN(C)C. The van der Waals surface area contributed by atoms with E-state index in [9.17, 15) is 0 Å². The lowest BCUT2D eigenvalue weighted by molar-refractivity contribution is 0.206. The summed E-state index contributed by atoms with van der Waals surface area (Å²) >= 11 is 0. The Morgan fingerprint density at radius 3 is 2.58 bits per heavy atom. The summed E-state index contributed by atoms with van der Waals surface area (Å²) < 4.78 is 2.19. The van der Waals surface area contributed by atoms with Gasteiger partial charge in [-0.3, -0.25) is 0 Å². The number of rotatable bonds is 6. The monoisotopic (exact) mass is 359 g/mol. The average Bonchev–Trinajstić information content (AvgIpc) is 3.04. The van der Waals surface area contributed by atoms with Crippen LogP contribution in [0.5, 0.6) is 0 Å². The first-order chi connectivity index (χ1) is 12.3. The fourth-order valence-electron chi connectivity index (χ4n) is 4.52. The molecule has 0 amide bonds. The van der Waals surface area contributed by atoms with Crippen LogP contribution >= 0.6 is 0 Å². The molecule has 0 spiro atoms. The van der Waals surface area contributed by atoms with E-state index >= 15 is 0 Å². The van der Waals surface area contributed by atoms with E-state index in [0.29, 0.717) is 6.04 Å². The van der Waals surface area contributed by atoms with Crippen molar-refractivity contribution in [2.24, 2.45) is 5.92 Å². The molecule has 1 fully saturated rings. The van der Waals surface area contributed by atoms with E-state index in [1.807, 2.05) is 6.20 Å². The second kappa shape index (κ2) is 7.63. The highest BCUT2D eigenvalue weighted by atomic mass is 15.4. The summed E-state index contributed by atoms with van der Waals surface area (Å²) in [5.41, 5.74) is 2.25. The van der Waals surface area contributed by atoms with E-state index < -0.39 is 0 Å². The van der Waals surface area contributed by atoms with Gasteiger partial charge in [0.1, 0.15) is 5.82 Å². The molecule has 3 rings (SSSR count). The largest absolute Gasteiger partial charge is 0.373 e. The number of likely N-dealkylation sites (N-methyl/N-ethyl adjacent to an activating group) is 2. The second-order valence-electron chi connectivity index (χ2n) is 9.16. The van der Waals surface area contributed by atoms with Gasteiger partial charge in [-0.15, -0.1) is 0 Å². The van der Waals surface area contributed by atoms with Gasteiger partial charge in [-0.2, -0.15) is 5.10 Å². The molecule has 2 heterocycles. The Kier molecular flexibility index (Phi) is 5.66. The molecule has 5 nitrogen and oxygen atoms in total. The molecule has 26 heavy (non-hydrogen) atoms. The zero-order valence-electron chi connectivity index (χ0n) is 17.4. The Hall–Kier alpha value is -1.49. The van der Waals surface area contributed by atoms with Gasteiger partial charge in [0.15, 0.2) is 0 Å². The van der Waals surface area contributed by atoms with Gasteiger partial charge < -0.3 is 15.1 Å². The van der Waals surface area contributed by atoms with Crippen LogP contribution in [0, 0.1) is 5.92 Å². The topological polar surface area (TPSA) is 36.3 Å². The minimum absolute atomic E-state index is 0.0451. The third-order valence-corrected chi connectivity index (χ3v) is 6.26. The van der Waals surface area contributed by atoms with E-state index in [2.05, 4.69) is 61.4 Å². The standard InChI is InChI=1S/C21H37N5/c1-16(25(6)13-12-24(4)5)18-15-22-26-20(18)23-19(14-21(26,2)3)17-10-8-7-9-11-17/h15,17,19,23H,1,7-14H2,2-6H3. The molecule has 1 aromatic rings. The summed E-state index contributed by atoms with van der Waals surface area (Å²) in [6.45, 7) is 11.0. The van der Waals surface area contributed by atoms with Gasteiger partial charge in [-0.25, -0.2) is 4.68 Å². The lowest BCUT2D eigenvalue weighted by Gasteiger charge is -2.42. The van der Waals surface area contributed by atoms with Gasteiger partial charge in [0.05, 0.1) is 17.3 Å². The van der Waals surface area contributed by atoms with Gasteiger partial charge in [0.2, 0.25) is 0 Å². The van der Waals surface area contributed by atoms with E-state index in [1.54, 1.807) is 0 Å². The highest BCUT2D eigenvalue weighted by Gasteiger charge is 2.38. The molecule has 5 heteroatoms. The number of fused-ring (bicyclic) bond motifs is 1. The molecule has 1 N–H and O–H groups in total. The quantitative estimate of drug-likeness (QED) is 0.837. The third-order valence-electron chi connectivity index (χ3n) is 6.26. The highest BCUT2D eigenvalue weighted by molar-refractivity contribution is 5.72. The first-order valence-electron chi connectivity index (χ1n) is 10.2. The van der Waals surface area contributed by atoms with E-state index in [1.165, 1.54) is 37.9 Å². The van der Waals surface area contributed by atoms with Crippen LogP contribution < -0.4 is 5.32 Å². The van der Waals surface area contributed by atoms with Gasteiger partial charge in [0, 0.05) is 31.9 Å². The molecule has 1 unspecified atom stereocenters. The molecule has 1 aliphatic carbocycles. The molecular weight excluding hydrogens is 322 g/mol. The number of anilines is 1. The number of nitrogens with zero attached hydrogens (tertiary/aromatic N) is 4. The molecule has 1 aromatic heterocycles. The molecule has 0 radical (unpaired) electrons. The first-order valence-corrected chi connectivity index (χ1v) is 10.2. The number of hydrogen-bond acceptors (Lipinski definition) is 4. The lowest BCUT2D eigenvalue weighted by Crippen LogP contribution is -2.45. The van der Waals surface area contributed by atoms with Crippen LogP contribution in [-0.2, 0) is 5.54 Å². The predicted octanol–water partition coefficient (Wildman–Crippen LogP) is 3.85. The zero-order chi connectivity index (χ0) is 18.9. The van der Waals surface area contributed by atoms with Crippen molar-refractivity contribution in [1.82, 2.24) is 19.6 Å². The second-order valence-corrected chi connectivity index (χ2v) is 9.16. The molecule has 0 saturated heterocycles. The van der Waals surface area contributed by atoms with Crippen LogP contribution in [0.4, 0.5) is 5.82 Å². The smallest absolute Gasteiger partial charge is 0.134 e. The normalized spacial score (nSPS) is 22.8. The van der Waals surface area contributed by atoms with Crippen molar-refractivity contribution in [3.05, 3.63) is 18.3 Å². The van der Waals surface area contributed by atoms with Gasteiger partial charge in [-0.1, -0.05) is 25.8 Å². The maximum absolute atomic E-state index is 4.74. The molecule has 1 aliphatic heterocycles. The summed E-state index contributed by atoms with van der Waals surface area (Å²) in [6.07, 6.45) is 10.0. The molecule has 0 aromatic carbocycles. The molecule has 1 atom stereocenters. The summed E-state index contributed by atoms with van der Waals surface area (Å²) in [7, 11) is 6.34. The van der Waals surface area contributed by atoms with Crippen molar-refractivity contribution in [1.29, 1.82) is 0 Å². The Labute approximate surface area is 159 Å². The minimum Gasteiger partial charge on any atom is -0.373 e. The maximum Gasteiger partial charge on any atom is 0.134 e. The first kappa shape index (κ1) is 19.3. The molecular formula is C21H37N5. The fourth-order valence-corrected chi connectivity index (χ4v) is 4.52. The highest BCUT2D eigenvalue weighted by Crippen LogP contribution is 2.41. The Morgan fingerprint density at radius 1 is 1.23 bits per heavy atom. The van der Waals surface area contributed by atoms with Crippen molar-refractivity contribution < 1.29 is 0 Å². The summed E-state index contributed by atoms with van der Waals surface area (Å²) in [6, 6.07) is 0.549. The van der Waals surface area contributed by atoms with Gasteiger partial charge in [-0.05, 0) is 53.1 Å². The van der Waals surface area contributed by atoms with Crippen molar-refractivity contribution >= 4 is 11.5 Å². The van der Waals surface area contributed by atoms with Crippen molar-refractivity contribution in [2.45, 2.75) is 64.0 Å². The summed E-state index contributed by atoms with van der Waals surface area (Å²) in [5.74, 6) is 1.96.